The summed E-state index contributed by atoms with van der Waals surface area (Å²) in [6.45, 7) is 6.78. The molecule has 0 aliphatic carbocycles. The highest BCUT2D eigenvalue weighted by Crippen LogP contribution is 2.20. The van der Waals surface area contributed by atoms with Crippen molar-refractivity contribution in [1.82, 2.24) is 14.1 Å². The van der Waals surface area contributed by atoms with Crippen LogP contribution in [-0.2, 0) is 19.6 Å². The minimum atomic E-state index is -3.14. The smallest absolute Gasteiger partial charge is 0.227 e. The third kappa shape index (κ3) is 4.18. The van der Waals surface area contributed by atoms with Crippen molar-refractivity contribution in [2.24, 2.45) is 5.92 Å². The molecule has 0 aromatic rings. The van der Waals surface area contributed by atoms with Crippen LogP contribution in [0.15, 0.2) is 0 Å². The molecule has 22 heavy (non-hydrogen) atoms. The van der Waals surface area contributed by atoms with Crippen LogP contribution in [0, 0.1) is 5.92 Å². The van der Waals surface area contributed by atoms with Gasteiger partial charge in [0.1, 0.15) is 0 Å². The molecule has 128 valence electrons. The average Bonchev–Trinajstić information content (AvgIpc) is 3.01. The summed E-state index contributed by atoms with van der Waals surface area (Å²) in [7, 11) is -1.45. The maximum atomic E-state index is 12.5. The Morgan fingerprint density at radius 1 is 1.18 bits per heavy atom. The van der Waals surface area contributed by atoms with Crippen LogP contribution in [0.2, 0.25) is 0 Å². The number of rotatable bonds is 6. The van der Waals surface area contributed by atoms with Gasteiger partial charge in [0, 0.05) is 46.4 Å². The second-order valence-corrected chi connectivity index (χ2v) is 8.16. The minimum absolute atomic E-state index is 0.0474. The zero-order valence-corrected chi connectivity index (χ0v) is 14.3. The number of carbonyl (C=O) groups excluding carboxylic acids is 1. The molecule has 2 aliphatic heterocycles. The van der Waals surface area contributed by atoms with Crippen LogP contribution in [-0.4, -0.2) is 93.7 Å². The molecule has 0 N–H and O–H groups in total. The number of amides is 1. The quantitative estimate of drug-likeness (QED) is 0.652. The van der Waals surface area contributed by atoms with Gasteiger partial charge >= 0.3 is 0 Å². The maximum Gasteiger partial charge on any atom is 0.227 e. The number of nitrogens with zero attached hydrogens (tertiary/aromatic N) is 3. The topological polar surface area (TPSA) is 70.2 Å². The van der Waals surface area contributed by atoms with Gasteiger partial charge in [-0.2, -0.15) is 4.31 Å². The minimum Gasteiger partial charge on any atom is -0.383 e. The molecule has 0 bridgehead atoms. The van der Waals surface area contributed by atoms with Crippen LogP contribution >= 0.6 is 0 Å². The van der Waals surface area contributed by atoms with Gasteiger partial charge in [-0.05, 0) is 19.9 Å². The lowest BCUT2D eigenvalue weighted by Gasteiger charge is -2.35. The van der Waals surface area contributed by atoms with Crippen LogP contribution < -0.4 is 0 Å². The Kier molecular flexibility index (Phi) is 6.19. The molecule has 0 saturated carbocycles. The molecule has 8 heteroatoms. The lowest BCUT2D eigenvalue weighted by molar-refractivity contribution is -0.136. The van der Waals surface area contributed by atoms with Gasteiger partial charge in [-0.1, -0.05) is 0 Å². The van der Waals surface area contributed by atoms with Crippen LogP contribution in [0.4, 0.5) is 0 Å². The maximum absolute atomic E-state index is 12.5. The number of likely N-dealkylation sites (tertiary alicyclic amines) is 1. The fourth-order valence-corrected chi connectivity index (χ4v) is 4.17. The first kappa shape index (κ1) is 17.7. The number of hydrogen-bond donors (Lipinski definition) is 0. The molecule has 0 spiro atoms. The molecule has 0 aromatic carbocycles. The molecule has 0 radical (unpaired) electrons. The molecule has 2 fully saturated rings. The Labute approximate surface area is 133 Å². The predicted octanol–water partition coefficient (Wildman–Crippen LogP) is -0.551. The Balaban J connectivity index is 1.81. The third-order valence-electron chi connectivity index (χ3n) is 4.54. The Morgan fingerprint density at radius 2 is 1.86 bits per heavy atom. The summed E-state index contributed by atoms with van der Waals surface area (Å²) in [5.41, 5.74) is 0. The SMILES string of the molecule is CCS(=O)(=O)N1CCN(C(=O)[C@H]2CCN(CCOC)C2)CC1. The molecule has 2 heterocycles. The van der Waals surface area contributed by atoms with Gasteiger partial charge in [-0.3, -0.25) is 4.79 Å². The molecular formula is C14H27N3O4S. The number of piperazine rings is 1. The number of hydrogen-bond acceptors (Lipinski definition) is 5. The summed E-state index contributed by atoms with van der Waals surface area (Å²) in [5.74, 6) is 0.345. The summed E-state index contributed by atoms with van der Waals surface area (Å²) in [6, 6.07) is 0. The van der Waals surface area contributed by atoms with Crippen LogP contribution in [0.5, 0.6) is 0 Å². The highest BCUT2D eigenvalue weighted by Gasteiger charge is 2.34. The van der Waals surface area contributed by atoms with Gasteiger partial charge in [0.05, 0.1) is 18.3 Å². The second-order valence-electron chi connectivity index (χ2n) is 5.90. The van der Waals surface area contributed by atoms with Crippen LogP contribution in [0.3, 0.4) is 0 Å². The molecule has 2 rings (SSSR count). The standard InChI is InChI=1S/C14H27N3O4S/c1-3-22(19,20)17-8-6-16(7-9-17)14(18)13-4-5-15(12-13)10-11-21-2/h13H,3-12H2,1-2H3/t13-/m0/s1. The number of carbonyl (C=O) groups is 1. The normalized spacial score (nSPS) is 24.8. The number of sulfonamides is 1. The van der Waals surface area contributed by atoms with Gasteiger partial charge in [-0.15, -0.1) is 0 Å². The highest BCUT2D eigenvalue weighted by atomic mass is 32.2. The van der Waals surface area contributed by atoms with E-state index in [0.717, 1.165) is 26.1 Å². The molecule has 0 unspecified atom stereocenters. The molecule has 1 atom stereocenters. The van der Waals surface area contributed by atoms with Crippen molar-refractivity contribution in [2.75, 3.05) is 65.3 Å². The van der Waals surface area contributed by atoms with E-state index < -0.39 is 10.0 Å². The van der Waals surface area contributed by atoms with Crippen molar-refractivity contribution in [3.8, 4) is 0 Å². The van der Waals surface area contributed by atoms with Crippen LogP contribution in [0.1, 0.15) is 13.3 Å². The fourth-order valence-electron chi connectivity index (χ4n) is 3.09. The van der Waals surface area contributed by atoms with Crippen LogP contribution in [0.25, 0.3) is 0 Å². The first-order valence-corrected chi connectivity index (χ1v) is 9.56. The molecule has 2 saturated heterocycles. The van der Waals surface area contributed by atoms with Gasteiger partial charge in [0.25, 0.3) is 0 Å². The number of methoxy groups -OCH3 is 1. The summed E-state index contributed by atoms with van der Waals surface area (Å²) in [4.78, 5) is 16.6. The van der Waals surface area contributed by atoms with E-state index in [4.69, 9.17) is 4.74 Å². The lowest BCUT2D eigenvalue weighted by atomic mass is 10.1. The van der Waals surface area contributed by atoms with E-state index in [1.165, 1.54) is 4.31 Å². The zero-order valence-electron chi connectivity index (χ0n) is 13.5. The van der Waals surface area contributed by atoms with E-state index in [1.54, 1.807) is 14.0 Å². The lowest BCUT2D eigenvalue weighted by Crippen LogP contribution is -2.52. The van der Waals surface area contributed by atoms with Crippen molar-refractivity contribution in [1.29, 1.82) is 0 Å². The molecule has 2 aliphatic rings. The summed E-state index contributed by atoms with van der Waals surface area (Å²) < 4.78 is 30.2. The second kappa shape index (κ2) is 7.72. The van der Waals surface area contributed by atoms with Crippen molar-refractivity contribution in [3.63, 3.8) is 0 Å². The van der Waals surface area contributed by atoms with Crippen molar-refractivity contribution < 1.29 is 17.9 Å². The van der Waals surface area contributed by atoms with E-state index in [9.17, 15) is 13.2 Å². The first-order chi connectivity index (χ1) is 10.5. The highest BCUT2D eigenvalue weighted by molar-refractivity contribution is 7.89. The van der Waals surface area contributed by atoms with Crippen molar-refractivity contribution in [3.05, 3.63) is 0 Å². The Morgan fingerprint density at radius 3 is 2.45 bits per heavy atom. The molecule has 0 aromatic heterocycles. The monoisotopic (exact) mass is 333 g/mol. The van der Waals surface area contributed by atoms with Gasteiger partial charge < -0.3 is 14.5 Å². The summed E-state index contributed by atoms with van der Waals surface area (Å²) in [5, 5.41) is 0. The first-order valence-electron chi connectivity index (χ1n) is 7.96. The molecule has 7 nitrogen and oxygen atoms in total. The fraction of sp³-hybridized carbons (Fsp3) is 0.929. The number of ether oxygens (including phenoxy) is 1. The third-order valence-corrected chi connectivity index (χ3v) is 6.42. The van der Waals surface area contributed by atoms with E-state index >= 15 is 0 Å². The predicted molar refractivity (Wildman–Crippen MR) is 84.0 cm³/mol. The summed E-state index contributed by atoms with van der Waals surface area (Å²) in [6.07, 6.45) is 0.885. The van der Waals surface area contributed by atoms with E-state index in [2.05, 4.69) is 4.90 Å². The Bertz CT molecular complexity index is 474. The van der Waals surface area contributed by atoms with E-state index in [-0.39, 0.29) is 17.6 Å². The van der Waals surface area contributed by atoms with Gasteiger partial charge in [0.2, 0.25) is 15.9 Å². The summed E-state index contributed by atoms with van der Waals surface area (Å²) >= 11 is 0. The van der Waals surface area contributed by atoms with E-state index in [1.807, 2.05) is 4.90 Å². The largest absolute Gasteiger partial charge is 0.383 e. The van der Waals surface area contributed by atoms with Gasteiger partial charge in [-0.25, -0.2) is 8.42 Å². The van der Waals surface area contributed by atoms with Crippen molar-refractivity contribution in [2.45, 2.75) is 13.3 Å². The zero-order chi connectivity index (χ0) is 16.2. The molecular weight excluding hydrogens is 306 g/mol. The van der Waals surface area contributed by atoms with E-state index in [0.29, 0.717) is 32.8 Å². The Hall–Kier alpha value is -0.700. The van der Waals surface area contributed by atoms with Gasteiger partial charge in [0.15, 0.2) is 0 Å². The molecule has 1 amide bonds. The average molecular weight is 333 g/mol. The van der Waals surface area contributed by atoms with Crippen molar-refractivity contribution >= 4 is 15.9 Å².